The maximum absolute atomic E-state index is 6.01. The molecule has 1 aliphatic carbocycles. The Bertz CT molecular complexity index is 379. The van der Waals surface area contributed by atoms with Crippen LogP contribution in [0, 0.1) is 25.2 Å². The fraction of sp³-hybridized carbons (Fsp3) is 0.571. The summed E-state index contributed by atoms with van der Waals surface area (Å²) in [5.74, 6) is 2.10. The molecule has 1 aromatic rings. The van der Waals surface area contributed by atoms with Crippen LogP contribution in [0.4, 0.5) is 0 Å². The summed E-state index contributed by atoms with van der Waals surface area (Å²) >= 11 is 6.01. The first-order valence-corrected chi connectivity index (χ1v) is 6.15. The molecule has 0 heterocycles. The number of benzene rings is 1. The lowest BCUT2D eigenvalue weighted by Crippen LogP contribution is -1.93. The third kappa shape index (κ3) is 1.69. The minimum absolute atomic E-state index is 0.391. The van der Waals surface area contributed by atoms with Crippen molar-refractivity contribution in [3.8, 4) is 0 Å². The van der Waals surface area contributed by atoms with Gasteiger partial charge in [0.15, 0.2) is 0 Å². The van der Waals surface area contributed by atoms with Crippen LogP contribution in [-0.4, -0.2) is 5.88 Å². The second-order valence-electron chi connectivity index (χ2n) is 5.42. The number of hydrogen-bond acceptors (Lipinski definition) is 0. The SMILES string of the molecule is Cc1ccc(C2C(CCl)C2(C)C)c(C)c1. The minimum Gasteiger partial charge on any atom is -0.126 e. The number of rotatable bonds is 2. The van der Waals surface area contributed by atoms with Crippen molar-refractivity contribution in [2.45, 2.75) is 33.6 Å². The standard InChI is InChI=1S/C14H19Cl/c1-9-5-6-11(10(2)7-9)13-12(8-15)14(13,3)4/h5-7,12-13H,8H2,1-4H3. The molecule has 0 saturated heterocycles. The van der Waals surface area contributed by atoms with Crippen molar-refractivity contribution in [1.29, 1.82) is 0 Å². The molecule has 0 aromatic heterocycles. The summed E-state index contributed by atoms with van der Waals surface area (Å²) in [6.45, 7) is 9.00. The maximum atomic E-state index is 6.01. The van der Waals surface area contributed by atoms with Gasteiger partial charge < -0.3 is 0 Å². The van der Waals surface area contributed by atoms with E-state index in [1.165, 1.54) is 16.7 Å². The average Bonchev–Trinajstić information content (AvgIpc) is 2.68. The second kappa shape index (κ2) is 3.52. The highest BCUT2D eigenvalue weighted by molar-refractivity contribution is 6.18. The Morgan fingerprint density at radius 3 is 2.40 bits per heavy atom. The lowest BCUT2D eigenvalue weighted by molar-refractivity contribution is 0.577. The highest BCUT2D eigenvalue weighted by Crippen LogP contribution is 2.65. The fourth-order valence-electron chi connectivity index (χ4n) is 2.82. The first-order valence-electron chi connectivity index (χ1n) is 5.61. The van der Waals surface area contributed by atoms with Crippen LogP contribution >= 0.6 is 11.6 Å². The Morgan fingerprint density at radius 1 is 1.27 bits per heavy atom. The zero-order valence-corrected chi connectivity index (χ0v) is 10.7. The fourth-order valence-corrected chi connectivity index (χ4v) is 3.40. The average molecular weight is 223 g/mol. The van der Waals surface area contributed by atoms with E-state index in [0.29, 0.717) is 17.3 Å². The van der Waals surface area contributed by atoms with E-state index in [-0.39, 0.29) is 0 Å². The summed E-state index contributed by atoms with van der Waals surface area (Å²) in [6.07, 6.45) is 0. The predicted molar refractivity (Wildman–Crippen MR) is 66.6 cm³/mol. The van der Waals surface area contributed by atoms with E-state index in [1.807, 2.05) is 0 Å². The Balaban J connectivity index is 2.33. The summed E-state index contributed by atoms with van der Waals surface area (Å²) in [5.41, 5.74) is 4.65. The highest BCUT2D eigenvalue weighted by atomic mass is 35.5. The van der Waals surface area contributed by atoms with Crippen LogP contribution in [0.1, 0.15) is 36.5 Å². The van der Waals surface area contributed by atoms with Crippen molar-refractivity contribution in [3.05, 3.63) is 34.9 Å². The summed E-state index contributed by atoms with van der Waals surface area (Å²) < 4.78 is 0. The van der Waals surface area contributed by atoms with Gasteiger partial charge in [0.2, 0.25) is 0 Å². The monoisotopic (exact) mass is 222 g/mol. The molecule has 0 aliphatic heterocycles. The molecule has 1 aliphatic rings. The van der Waals surface area contributed by atoms with Crippen LogP contribution in [0.5, 0.6) is 0 Å². The van der Waals surface area contributed by atoms with Gasteiger partial charge in [-0.1, -0.05) is 37.6 Å². The quantitative estimate of drug-likeness (QED) is 0.656. The lowest BCUT2D eigenvalue weighted by atomic mass is 9.97. The van der Waals surface area contributed by atoms with Crippen LogP contribution in [0.15, 0.2) is 18.2 Å². The van der Waals surface area contributed by atoms with E-state index in [2.05, 4.69) is 45.9 Å². The molecule has 0 spiro atoms. The largest absolute Gasteiger partial charge is 0.126 e. The molecule has 1 aromatic carbocycles. The maximum Gasteiger partial charge on any atom is 0.0263 e. The lowest BCUT2D eigenvalue weighted by Gasteiger charge is -2.08. The van der Waals surface area contributed by atoms with E-state index in [9.17, 15) is 0 Å². The molecule has 0 N–H and O–H groups in total. The highest BCUT2D eigenvalue weighted by Gasteiger charge is 2.57. The van der Waals surface area contributed by atoms with Gasteiger partial charge >= 0.3 is 0 Å². The van der Waals surface area contributed by atoms with Gasteiger partial charge in [0.25, 0.3) is 0 Å². The number of aryl methyl sites for hydroxylation is 2. The van der Waals surface area contributed by atoms with E-state index in [0.717, 1.165) is 5.88 Å². The van der Waals surface area contributed by atoms with Gasteiger partial charge in [-0.25, -0.2) is 0 Å². The summed E-state index contributed by atoms with van der Waals surface area (Å²) in [4.78, 5) is 0. The molecule has 0 nitrogen and oxygen atoms in total. The molecule has 2 atom stereocenters. The molecule has 82 valence electrons. The molecule has 1 saturated carbocycles. The van der Waals surface area contributed by atoms with Crippen molar-refractivity contribution in [2.75, 3.05) is 5.88 Å². The zero-order chi connectivity index (χ0) is 11.2. The molecule has 0 amide bonds. The van der Waals surface area contributed by atoms with Crippen LogP contribution in [0.3, 0.4) is 0 Å². The molecule has 1 fully saturated rings. The second-order valence-corrected chi connectivity index (χ2v) is 5.73. The van der Waals surface area contributed by atoms with Gasteiger partial charge in [-0.2, -0.15) is 0 Å². The molecular weight excluding hydrogens is 204 g/mol. The smallest absolute Gasteiger partial charge is 0.0263 e. The minimum atomic E-state index is 0.391. The summed E-state index contributed by atoms with van der Waals surface area (Å²) in [7, 11) is 0. The van der Waals surface area contributed by atoms with Gasteiger partial charge in [0, 0.05) is 5.88 Å². The Kier molecular flexibility index (Phi) is 2.58. The normalized spacial score (nSPS) is 27.8. The molecular formula is C14H19Cl. The van der Waals surface area contributed by atoms with Crippen molar-refractivity contribution in [1.82, 2.24) is 0 Å². The Labute approximate surface area is 97.6 Å². The van der Waals surface area contributed by atoms with E-state index < -0.39 is 0 Å². The molecule has 0 bridgehead atoms. The van der Waals surface area contributed by atoms with Gasteiger partial charge in [-0.15, -0.1) is 11.6 Å². The molecule has 1 heteroatoms. The van der Waals surface area contributed by atoms with E-state index >= 15 is 0 Å². The van der Waals surface area contributed by atoms with E-state index in [1.54, 1.807) is 0 Å². The van der Waals surface area contributed by atoms with Gasteiger partial charge in [-0.05, 0) is 42.2 Å². The number of hydrogen-bond donors (Lipinski definition) is 0. The Morgan fingerprint density at radius 2 is 1.93 bits per heavy atom. The van der Waals surface area contributed by atoms with Crippen LogP contribution in [0.25, 0.3) is 0 Å². The third-order valence-electron chi connectivity index (χ3n) is 3.98. The van der Waals surface area contributed by atoms with Crippen molar-refractivity contribution < 1.29 is 0 Å². The molecule has 15 heavy (non-hydrogen) atoms. The number of alkyl halides is 1. The van der Waals surface area contributed by atoms with Crippen molar-refractivity contribution in [3.63, 3.8) is 0 Å². The predicted octanol–water partition coefficient (Wildman–Crippen LogP) is 4.28. The molecule has 2 unspecified atom stereocenters. The van der Waals surface area contributed by atoms with Gasteiger partial charge in [-0.3, -0.25) is 0 Å². The zero-order valence-electron chi connectivity index (χ0n) is 9.97. The Hall–Kier alpha value is -0.490. The number of halogens is 1. The third-order valence-corrected chi connectivity index (χ3v) is 4.31. The summed E-state index contributed by atoms with van der Waals surface area (Å²) in [5, 5.41) is 0. The van der Waals surface area contributed by atoms with Gasteiger partial charge in [0.1, 0.15) is 0 Å². The molecule has 2 rings (SSSR count). The summed E-state index contributed by atoms with van der Waals surface area (Å²) in [6, 6.07) is 6.76. The topological polar surface area (TPSA) is 0 Å². The first kappa shape index (κ1) is 11.0. The van der Waals surface area contributed by atoms with Crippen molar-refractivity contribution >= 4 is 11.6 Å². The van der Waals surface area contributed by atoms with Crippen LogP contribution < -0.4 is 0 Å². The van der Waals surface area contributed by atoms with Crippen LogP contribution in [0.2, 0.25) is 0 Å². The van der Waals surface area contributed by atoms with E-state index in [4.69, 9.17) is 11.6 Å². The van der Waals surface area contributed by atoms with Crippen LogP contribution in [-0.2, 0) is 0 Å². The first-order chi connectivity index (χ1) is 6.98. The van der Waals surface area contributed by atoms with Crippen molar-refractivity contribution in [2.24, 2.45) is 11.3 Å². The molecule has 0 radical (unpaired) electrons. The van der Waals surface area contributed by atoms with Gasteiger partial charge in [0.05, 0.1) is 0 Å².